The molecule has 5 nitrogen and oxygen atoms in total. The minimum Gasteiger partial charge on any atom is -0.425 e. The molecule has 6 heteroatoms. The summed E-state index contributed by atoms with van der Waals surface area (Å²) in [6.45, 7) is 7.51. The van der Waals surface area contributed by atoms with Crippen LogP contribution in [0.2, 0.25) is 0 Å². The van der Waals surface area contributed by atoms with Gasteiger partial charge in [-0.05, 0) is 6.92 Å². The van der Waals surface area contributed by atoms with Crippen LogP contribution < -0.4 is 5.32 Å². The molecule has 16 heavy (non-hydrogen) atoms. The molecule has 1 amide bonds. The molecule has 0 aromatic heterocycles. The number of amides is 1. The highest BCUT2D eigenvalue weighted by atomic mass is 19.1. The summed E-state index contributed by atoms with van der Waals surface area (Å²) in [5.74, 6) is -0.773. The summed E-state index contributed by atoms with van der Waals surface area (Å²) in [5, 5.41) is 2.13. The van der Waals surface area contributed by atoms with Crippen molar-refractivity contribution in [1.82, 2.24) is 5.32 Å². The third-order valence-corrected chi connectivity index (χ3v) is 1.49. The van der Waals surface area contributed by atoms with E-state index in [9.17, 15) is 14.0 Å². The second-order valence-corrected chi connectivity index (χ2v) is 3.54. The van der Waals surface area contributed by atoms with E-state index in [1.807, 2.05) is 0 Å². The fourth-order valence-corrected chi connectivity index (χ4v) is 0.710. The van der Waals surface area contributed by atoms with Gasteiger partial charge in [0.25, 0.3) is 0 Å². The van der Waals surface area contributed by atoms with Gasteiger partial charge >= 0.3 is 12.1 Å². The van der Waals surface area contributed by atoms with Gasteiger partial charge in [-0.2, -0.15) is 0 Å². The van der Waals surface area contributed by atoms with Gasteiger partial charge in [-0.3, -0.25) is 4.79 Å². The van der Waals surface area contributed by atoms with Gasteiger partial charge in [0.1, 0.15) is 6.17 Å². The predicted octanol–water partition coefficient (Wildman–Crippen LogP) is 1.43. The highest BCUT2D eigenvalue weighted by molar-refractivity contribution is 5.72. The molecule has 0 fully saturated rings. The lowest BCUT2D eigenvalue weighted by Crippen LogP contribution is -2.33. The van der Waals surface area contributed by atoms with Gasteiger partial charge in [-0.25, -0.2) is 9.18 Å². The summed E-state index contributed by atoms with van der Waals surface area (Å²) in [7, 11) is 0. The Morgan fingerprint density at radius 3 is 2.31 bits per heavy atom. The summed E-state index contributed by atoms with van der Waals surface area (Å²) in [6, 6.07) is 0. The van der Waals surface area contributed by atoms with Gasteiger partial charge in [-0.1, -0.05) is 13.8 Å². The standard InChI is InChI=1S/C10H17FNO4/c1-6(2)9(13)15-8(4)16-10(14)12-5-7(3)11/h6-8H,3,5H2,1-2,4H3,(H,12,14)/t7-,8?/m1/s1. The lowest BCUT2D eigenvalue weighted by atomic mass is 10.2. The Balaban J connectivity index is 3.82. The fourth-order valence-electron chi connectivity index (χ4n) is 0.710. The quantitative estimate of drug-likeness (QED) is 0.577. The number of alkyl halides is 1. The first-order chi connectivity index (χ1) is 7.32. The van der Waals surface area contributed by atoms with E-state index in [0.29, 0.717) is 0 Å². The zero-order valence-electron chi connectivity index (χ0n) is 9.66. The van der Waals surface area contributed by atoms with Gasteiger partial charge in [0.05, 0.1) is 12.5 Å². The Hall–Kier alpha value is -1.33. The van der Waals surface area contributed by atoms with Crippen molar-refractivity contribution in [2.24, 2.45) is 5.92 Å². The fraction of sp³-hybridized carbons (Fsp3) is 0.700. The zero-order valence-corrected chi connectivity index (χ0v) is 9.66. The Bertz CT molecular complexity index is 243. The topological polar surface area (TPSA) is 64.6 Å². The van der Waals surface area contributed by atoms with E-state index in [4.69, 9.17) is 4.74 Å². The molecule has 0 aliphatic rings. The van der Waals surface area contributed by atoms with Crippen LogP contribution in [0.3, 0.4) is 0 Å². The Labute approximate surface area is 94.3 Å². The van der Waals surface area contributed by atoms with Gasteiger partial charge in [-0.15, -0.1) is 0 Å². The smallest absolute Gasteiger partial charge is 0.410 e. The van der Waals surface area contributed by atoms with E-state index in [0.717, 1.165) is 0 Å². The molecule has 0 rings (SSSR count). The van der Waals surface area contributed by atoms with Crippen LogP contribution in [0.25, 0.3) is 0 Å². The molecule has 0 bridgehead atoms. The van der Waals surface area contributed by atoms with Gasteiger partial charge < -0.3 is 14.8 Å². The summed E-state index contributed by atoms with van der Waals surface area (Å²) >= 11 is 0. The Morgan fingerprint density at radius 2 is 1.88 bits per heavy atom. The number of ether oxygens (including phenoxy) is 2. The first kappa shape index (κ1) is 14.7. The molecule has 93 valence electrons. The molecule has 1 radical (unpaired) electrons. The second kappa shape index (κ2) is 7.03. The van der Waals surface area contributed by atoms with Crippen LogP contribution in [0.15, 0.2) is 0 Å². The first-order valence-electron chi connectivity index (χ1n) is 4.95. The van der Waals surface area contributed by atoms with Gasteiger partial charge in [0.15, 0.2) is 0 Å². The normalized spacial score (nSPS) is 14.1. The number of carbonyl (C=O) groups is 2. The predicted molar refractivity (Wildman–Crippen MR) is 55.1 cm³/mol. The van der Waals surface area contributed by atoms with Crippen molar-refractivity contribution in [3.05, 3.63) is 6.92 Å². The van der Waals surface area contributed by atoms with Gasteiger partial charge in [0.2, 0.25) is 6.29 Å². The molecule has 0 saturated carbocycles. The van der Waals surface area contributed by atoms with E-state index in [1.165, 1.54) is 6.92 Å². The van der Waals surface area contributed by atoms with Crippen LogP contribution in [-0.4, -0.2) is 31.1 Å². The first-order valence-corrected chi connectivity index (χ1v) is 4.95. The third-order valence-electron chi connectivity index (χ3n) is 1.49. The molecule has 0 aromatic rings. The van der Waals surface area contributed by atoms with Crippen LogP contribution in [0.1, 0.15) is 20.8 Å². The number of hydrogen-bond acceptors (Lipinski definition) is 4. The van der Waals surface area contributed by atoms with E-state index in [1.54, 1.807) is 13.8 Å². The van der Waals surface area contributed by atoms with E-state index >= 15 is 0 Å². The van der Waals surface area contributed by atoms with Crippen LogP contribution in [0.4, 0.5) is 9.18 Å². The van der Waals surface area contributed by atoms with Crippen molar-refractivity contribution < 1.29 is 23.5 Å². The number of carbonyl (C=O) groups excluding carboxylic acids is 2. The van der Waals surface area contributed by atoms with Crippen LogP contribution in [-0.2, 0) is 14.3 Å². The number of esters is 1. The van der Waals surface area contributed by atoms with Crippen LogP contribution in [0.5, 0.6) is 0 Å². The Kier molecular flexibility index (Phi) is 6.44. The minimum absolute atomic E-state index is 0.246. The van der Waals surface area contributed by atoms with E-state index in [2.05, 4.69) is 17.0 Å². The molecule has 0 spiro atoms. The average molecular weight is 234 g/mol. The van der Waals surface area contributed by atoms with Crippen molar-refractivity contribution >= 4 is 12.1 Å². The minimum atomic E-state index is -1.40. The molecular weight excluding hydrogens is 217 g/mol. The molecule has 0 aliphatic heterocycles. The number of halogens is 1. The number of nitrogens with one attached hydrogen (secondary N) is 1. The summed E-state index contributed by atoms with van der Waals surface area (Å²) < 4.78 is 21.6. The molecule has 2 atom stereocenters. The number of alkyl carbamates (subject to hydrolysis) is 1. The zero-order chi connectivity index (χ0) is 12.7. The van der Waals surface area contributed by atoms with E-state index in [-0.39, 0.29) is 12.5 Å². The summed E-state index contributed by atoms with van der Waals surface area (Å²) in [4.78, 5) is 22.1. The summed E-state index contributed by atoms with van der Waals surface area (Å²) in [6.07, 6.45) is -3.26. The van der Waals surface area contributed by atoms with Crippen molar-refractivity contribution in [2.75, 3.05) is 6.54 Å². The average Bonchev–Trinajstić information content (AvgIpc) is 2.14. The van der Waals surface area contributed by atoms with Gasteiger partial charge in [0, 0.05) is 6.92 Å². The Morgan fingerprint density at radius 1 is 1.31 bits per heavy atom. The second-order valence-electron chi connectivity index (χ2n) is 3.54. The summed E-state index contributed by atoms with van der Waals surface area (Å²) in [5.41, 5.74) is 0. The molecule has 1 N–H and O–H groups in total. The maximum atomic E-state index is 12.2. The largest absolute Gasteiger partial charge is 0.425 e. The van der Waals surface area contributed by atoms with Crippen LogP contribution >= 0.6 is 0 Å². The highest BCUT2D eigenvalue weighted by Crippen LogP contribution is 2.01. The SMILES string of the molecule is [CH2][C@@H](F)CNC(=O)OC(C)OC(=O)C(C)C. The maximum Gasteiger partial charge on any atom is 0.410 e. The van der Waals surface area contributed by atoms with Crippen molar-refractivity contribution in [3.63, 3.8) is 0 Å². The highest BCUT2D eigenvalue weighted by Gasteiger charge is 2.16. The third kappa shape index (κ3) is 7.03. The molecule has 0 aromatic carbocycles. The lowest BCUT2D eigenvalue weighted by Gasteiger charge is -2.15. The molecule has 0 aliphatic carbocycles. The molecular formula is C10H17FNO4. The number of rotatable bonds is 5. The van der Waals surface area contributed by atoms with Crippen LogP contribution in [0, 0.1) is 12.8 Å². The lowest BCUT2D eigenvalue weighted by molar-refractivity contribution is -0.168. The van der Waals surface area contributed by atoms with Crippen molar-refractivity contribution in [3.8, 4) is 0 Å². The maximum absolute atomic E-state index is 12.2. The molecule has 0 heterocycles. The van der Waals surface area contributed by atoms with Crippen molar-refractivity contribution in [1.29, 1.82) is 0 Å². The van der Waals surface area contributed by atoms with Crippen molar-refractivity contribution in [2.45, 2.75) is 33.2 Å². The molecule has 0 saturated heterocycles. The van der Waals surface area contributed by atoms with E-state index < -0.39 is 24.5 Å². The number of hydrogen-bond donors (Lipinski definition) is 1. The molecule has 1 unspecified atom stereocenters. The monoisotopic (exact) mass is 234 g/mol.